The lowest BCUT2D eigenvalue weighted by Gasteiger charge is -2.47. The Morgan fingerprint density at radius 3 is 2.40 bits per heavy atom. The average molecular weight is 300 g/mol. The summed E-state index contributed by atoms with van der Waals surface area (Å²) in [5.74, 6) is 0.171. The summed E-state index contributed by atoms with van der Waals surface area (Å²) < 4.78 is 5.49. The molecular weight excluding hydrogens is 272 g/mol. The maximum absolute atomic E-state index is 12.2. The molecule has 5 heteroatoms. The van der Waals surface area contributed by atoms with Gasteiger partial charge in [-0.1, -0.05) is 12.8 Å². The molecule has 20 heavy (non-hydrogen) atoms. The smallest absolute Gasteiger partial charge is 0.233 e. The zero-order valence-corrected chi connectivity index (χ0v) is 13.8. The van der Waals surface area contributed by atoms with Crippen molar-refractivity contribution < 1.29 is 9.53 Å². The van der Waals surface area contributed by atoms with Gasteiger partial charge in [-0.05, 0) is 32.9 Å². The van der Waals surface area contributed by atoms with Crippen molar-refractivity contribution in [2.75, 3.05) is 32.6 Å². The third-order valence-corrected chi connectivity index (χ3v) is 5.92. The topological polar surface area (TPSA) is 41.6 Å². The van der Waals surface area contributed by atoms with Crippen molar-refractivity contribution in [2.45, 2.75) is 56.4 Å². The van der Waals surface area contributed by atoms with E-state index in [-0.39, 0.29) is 22.7 Å². The first-order chi connectivity index (χ1) is 9.60. The van der Waals surface area contributed by atoms with E-state index in [4.69, 9.17) is 4.74 Å². The molecule has 2 rings (SSSR count). The number of morpholine rings is 1. The predicted octanol–water partition coefficient (Wildman–Crippen LogP) is 1.89. The van der Waals surface area contributed by atoms with Crippen molar-refractivity contribution in [2.24, 2.45) is 0 Å². The summed E-state index contributed by atoms with van der Waals surface area (Å²) in [7, 11) is 0. The van der Waals surface area contributed by atoms with E-state index in [2.05, 4.69) is 17.1 Å². The second-order valence-electron chi connectivity index (χ2n) is 6.02. The molecule has 2 atom stereocenters. The van der Waals surface area contributed by atoms with Crippen LogP contribution in [-0.4, -0.2) is 60.2 Å². The molecule has 116 valence electrons. The first-order valence-corrected chi connectivity index (χ1v) is 9.05. The molecule has 0 spiro atoms. The Morgan fingerprint density at radius 1 is 1.25 bits per heavy atom. The lowest BCUT2D eigenvalue weighted by atomic mass is 9.86. The van der Waals surface area contributed by atoms with Crippen LogP contribution in [0.15, 0.2) is 0 Å². The third kappa shape index (κ3) is 3.31. The third-order valence-electron chi connectivity index (χ3n) is 5.00. The van der Waals surface area contributed by atoms with Gasteiger partial charge in [0.2, 0.25) is 5.91 Å². The molecule has 1 amide bonds. The molecule has 1 aliphatic carbocycles. The Bertz CT molecular complexity index is 326. The standard InChI is InChI=1S/C15H28N2O2S/c1-12(20-3)14(18)16-13(2)15(6-4-5-7-15)17-8-10-19-11-9-17/h12-13H,4-11H2,1-3H3,(H,16,18). The van der Waals surface area contributed by atoms with Crippen molar-refractivity contribution in [1.29, 1.82) is 0 Å². The number of carbonyl (C=O) groups is 1. The Balaban J connectivity index is 2.05. The largest absolute Gasteiger partial charge is 0.379 e. The molecule has 1 saturated heterocycles. The number of nitrogens with zero attached hydrogens (tertiary/aromatic N) is 1. The maximum Gasteiger partial charge on any atom is 0.233 e. The minimum atomic E-state index is 0.0283. The first kappa shape index (κ1) is 16.1. The Labute approximate surface area is 127 Å². The minimum Gasteiger partial charge on any atom is -0.379 e. The van der Waals surface area contributed by atoms with E-state index in [0.29, 0.717) is 0 Å². The van der Waals surface area contributed by atoms with Crippen LogP contribution in [0, 0.1) is 0 Å². The zero-order valence-electron chi connectivity index (χ0n) is 13.0. The molecule has 1 heterocycles. The first-order valence-electron chi connectivity index (χ1n) is 7.76. The molecule has 0 aromatic rings. The van der Waals surface area contributed by atoms with Crippen LogP contribution in [0.25, 0.3) is 0 Å². The molecule has 0 bridgehead atoms. The van der Waals surface area contributed by atoms with Gasteiger partial charge >= 0.3 is 0 Å². The highest BCUT2D eigenvalue weighted by molar-refractivity contribution is 7.99. The number of hydrogen-bond donors (Lipinski definition) is 1. The van der Waals surface area contributed by atoms with Crippen LogP contribution in [0.1, 0.15) is 39.5 Å². The molecule has 2 fully saturated rings. The molecule has 4 nitrogen and oxygen atoms in total. The number of rotatable bonds is 5. The number of hydrogen-bond acceptors (Lipinski definition) is 4. The quantitative estimate of drug-likeness (QED) is 0.842. The van der Waals surface area contributed by atoms with Gasteiger partial charge in [0.25, 0.3) is 0 Å². The van der Waals surface area contributed by atoms with E-state index in [1.54, 1.807) is 11.8 Å². The van der Waals surface area contributed by atoms with Crippen molar-refractivity contribution in [3.05, 3.63) is 0 Å². The number of thioether (sulfide) groups is 1. The summed E-state index contributed by atoms with van der Waals surface area (Å²) in [5, 5.41) is 3.30. The van der Waals surface area contributed by atoms with Crippen molar-refractivity contribution >= 4 is 17.7 Å². The monoisotopic (exact) mass is 300 g/mol. The number of nitrogens with one attached hydrogen (secondary N) is 1. The van der Waals surface area contributed by atoms with Gasteiger partial charge in [-0.3, -0.25) is 9.69 Å². The van der Waals surface area contributed by atoms with Gasteiger partial charge in [0, 0.05) is 24.7 Å². The van der Waals surface area contributed by atoms with E-state index in [9.17, 15) is 4.79 Å². The van der Waals surface area contributed by atoms with Crippen molar-refractivity contribution in [3.8, 4) is 0 Å². The SMILES string of the molecule is CSC(C)C(=O)NC(C)C1(N2CCOCC2)CCCC1. The molecule has 1 saturated carbocycles. The van der Waals surface area contributed by atoms with Crippen LogP contribution in [0.4, 0.5) is 0 Å². The summed E-state index contributed by atoms with van der Waals surface area (Å²) in [6.07, 6.45) is 6.93. The molecule has 1 N–H and O–H groups in total. The van der Waals surface area contributed by atoms with Crippen molar-refractivity contribution in [3.63, 3.8) is 0 Å². The van der Waals surface area contributed by atoms with Crippen LogP contribution < -0.4 is 5.32 Å². The molecule has 2 aliphatic rings. The average Bonchev–Trinajstić information content (AvgIpc) is 2.98. The highest BCUT2D eigenvalue weighted by atomic mass is 32.2. The molecular formula is C15H28N2O2S. The van der Waals surface area contributed by atoms with E-state index in [0.717, 1.165) is 26.3 Å². The molecule has 2 unspecified atom stereocenters. The van der Waals surface area contributed by atoms with Crippen LogP contribution >= 0.6 is 11.8 Å². The second-order valence-corrected chi connectivity index (χ2v) is 7.20. The van der Waals surface area contributed by atoms with Gasteiger partial charge in [0.15, 0.2) is 0 Å². The Morgan fingerprint density at radius 2 is 1.85 bits per heavy atom. The van der Waals surface area contributed by atoms with Crippen LogP contribution in [0.3, 0.4) is 0 Å². The lowest BCUT2D eigenvalue weighted by Crippen LogP contribution is -2.62. The van der Waals surface area contributed by atoms with Gasteiger partial charge in [0.1, 0.15) is 0 Å². The van der Waals surface area contributed by atoms with Crippen molar-refractivity contribution in [1.82, 2.24) is 10.2 Å². The fourth-order valence-corrected chi connectivity index (χ4v) is 3.87. The Hall–Kier alpha value is -0.260. The lowest BCUT2D eigenvalue weighted by molar-refractivity contribution is -0.122. The minimum absolute atomic E-state index is 0.0283. The van der Waals surface area contributed by atoms with E-state index < -0.39 is 0 Å². The molecule has 1 aliphatic heterocycles. The fraction of sp³-hybridized carbons (Fsp3) is 0.933. The van der Waals surface area contributed by atoms with E-state index >= 15 is 0 Å². The molecule has 0 radical (unpaired) electrons. The highest BCUT2D eigenvalue weighted by Crippen LogP contribution is 2.38. The number of amides is 1. The second kappa shape index (κ2) is 7.14. The van der Waals surface area contributed by atoms with E-state index in [1.807, 2.05) is 13.2 Å². The van der Waals surface area contributed by atoms with Crippen LogP contribution in [-0.2, 0) is 9.53 Å². The van der Waals surface area contributed by atoms with E-state index in [1.165, 1.54) is 25.7 Å². The van der Waals surface area contributed by atoms with Gasteiger partial charge < -0.3 is 10.1 Å². The summed E-state index contributed by atoms with van der Waals surface area (Å²) >= 11 is 1.61. The number of carbonyl (C=O) groups excluding carboxylic acids is 1. The summed E-state index contributed by atoms with van der Waals surface area (Å²) in [6.45, 7) is 7.80. The van der Waals surface area contributed by atoms with Gasteiger partial charge in [-0.25, -0.2) is 0 Å². The van der Waals surface area contributed by atoms with Gasteiger partial charge in [-0.15, -0.1) is 0 Å². The molecule has 0 aromatic heterocycles. The van der Waals surface area contributed by atoms with Crippen LogP contribution in [0.5, 0.6) is 0 Å². The van der Waals surface area contributed by atoms with Gasteiger partial charge in [0.05, 0.1) is 18.5 Å². The summed E-state index contributed by atoms with van der Waals surface area (Å²) in [6, 6.07) is 0.213. The maximum atomic E-state index is 12.2. The summed E-state index contributed by atoms with van der Waals surface area (Å²) in [4.78, 5) is 14.8. The predicted molar refractivity (Wildman–Crippen MR) is 84.2 cm³/mol. The highest BCUT2D eigenvalue weighted by Gasteiger charge is 2.45. The normalized spacial score (nSPS) is 26.1. The zero-order chi connectivity index (χ0) is 14.6. The Kier molecular flexibility index (Phi) is 5.75. The van der Waals surface area contributed by atoms with Gasteiger partial charge in [-0.2, -0.15) is 11.8 Å². The molecule has 0 aromatic carbocycles. The summed E-state index contributed by atoms with van der Waals surface area (Å²) in [5.41, 5.74) is 0.150. The van der Waals surface area contributed by atoms with Crippen LogP contribution in [0.2, 0.25) is 0 Å². The fourth-order valence-electron chi connectivity index (χ4n) is 3.59. The number of ether oxygens (including phenoxy) is 1.